The number of hydrogen-bond acceptors (Lipinski definition) is 3. The van der Waals surface area contributed by atoms with Crippen LogP contribution in [0.3, 0.4) is 0 Å². The maximum absolute atomic E-state index is 12.4. The molecule has 0 radical (unpaired) electrons. The van der Waals surface area contributed by atoms with E-state index < -0.39 is 0 Å². The standard InChI is InChI=1S/C26H35N5O2/c1-5-27-25(28-17-19-11-13-22(14-12-19)31-15-7-10-23(31)32)29-18-20-8-6-9-21(16-20)24(33)30-26(2,3)4/h6,8-9,11-14,16H,5,7,10,15,17-18H2,1-4H3,(H,30,33)(H2,27,28,29). The summed E-state index contributed by atoms with van der Waals surface area (Å²) in [4.78, 5) is 30.9. The summed E-state index contributed by atoms with van der Waals surface area (Å²) in [6.07, 6.45) is 1.56. The largest absolute Gasteiger partial charge is 0.357 e. The van der Waals surface area contributed by atoms with Crippen molar-refractivity contribution in [3.63, 3.8) is 0 Å². The van der Waals surface area contributed by atoms with Gasteiger partial charge in [-0.1, -0.05) is 24.3 Å². The highest BCUT2D eigenvalue weighted by Crippen LogP contribution is 2.21. The maximum Gasteiger partial charge on any atom is 0.251 e. The monoisotopic (exact) mass is 449 g/mol. The van der Waals surface area contributed by atoms with Crippen LogP contribution in [0.5, 0.6) is 0 Å². The average Bonchev–Trinajstić information content (AvgIpc) is 3.21. The van der Waals surface area contributed by atoms with Gasteiger partial charge in [0.05, 0.1) is 6.54 Å². The van der Waals surface area contributed by atoms with Crippen LogP contribution in [0.4, 0.5) is 5.69 Å². The number of amides is 2. The quantitative estimate of drug-likeness (QED) is 0.445. The van der Waals surface area contributed by atoms with E-state index in [0.717, 1.165) is 36.3 Å². The summed E-state index contributed by atoms with van der Waals surface area (Å²) in [6.45, 7) is 10.5. The number of guanidine groups is 1. The number of carbonyl (C=O) groups excluding carboxylic acids is 2. The number of aliphatic imine (C=N–C) groups is 1. The predicted octanol–water partition coefficient (Wildman–Crippen LogP) is 3.60. The molecule has 0 bridgehead atoms. The van der Waals surface area contributed by atoms with Crippen LogP contribution in [0.2, 0.25) is 0 Å². The zero-order valence-electron chi connectivity index (χ0n) is 20.1. The molecule has 0 aromatic heterocycles. The van der Waals surface area contributed by atoms with E-state index >= 15 is 0 Å². The van der Waals surface area contributed by atoms with Gasteiger partial charge in [-0.15, -0.1) is 0 Å². The highest BCUT2D eigenvalue weighted by molar-refractivity contribution is 5.95. The van der Waals surface area contributed by atoms with Gasteiger partial charge in [-0.3, -0.25) is 9.59 Å². The van der Waals surface area contributed by atoms with Crippen molar-refractivity contribution in [3.05, 3.63) is 65.2 Å². The van der Waals surface area contributed by atoms with E-state index in [9.17, 15) is 9.59 Å². The summed E-state index contributed by atoms with van der Waals surface area (Å²) in [5.74, 6) is 0.820. The molecule has 3 rings (SSSR count). The Bertz CT molecular complexity index is 992. The normalized spacial score (nSPS) is 14.4. The fourth-order valence-corrected chi connectivity index (χ4v) is 3.64. The first kappa shape index (κ1) is 24.3. The molecule has 3 N–H and O–H groups in total. The molecule has 0 unspecified atom stereocenters. The zero-order chi connectivity index (χ0) is 23.8. The number of carbonyl (C=O) groups is 2. The maximum atomic E-state index is 12.4. The lowest BCUT2D eigenvalue weighted by molar-refractivity contribution is -0.117. The van der Waals surface area contributed by atoms with Gasteiger partial charge < -0.3 is 20.9 Å². The summed E-state index contributed by atoms with van der Waals surface area (Å²) in [5.41, 5.74) is 3.38. The van der Waals surface area contributed by atoms with E-state index in [2.05, 4.69) is 20.9 Å². The minimum Gasteiger partial charge on any atom is -0.357 e. The van der Waals surface area contributed by atoms with Crippen LogP contribution in [-0.2, 0) is 17.9 Å². The molecule has 1 aliphatic heterocycles. The SMILES string of the molecule is CCNC(=NCc1cccc(C(=O)NC(C)(C)C)c1)NCc1ccc(N2CCCC2=O)cc1. The molecule has 0 spiro atoms. The number of hydrogen-bond donors (Lipinski definition) is 3. The first-order chi connectivity index (χ1) is 15.7. The minimum absolute atomic E-state index is 0.0857. The highest BCUT2D eigenvalue weighted by Gasteiger charge is 2.21. The van der Waals surface area contributed by atoms with Crippen molar-refractivity contribution in [1.82, 2.24) is 16.0 Å². The highest BCUT2D eigenvalue weighted by atomic mass is 16.2. The van der Waals surface area contributed by atoms with Crippen molar-refractivity contribution in [2.45, 2.75) is 59.2 Å². The lowest BCUT2D eigenvalue weighted by atomic mass is 10.1. The smallest absolute Gasteiger partial charge is 0.251 e. The van der Waals surface area contributed by atoms with Crippen LogP contribution in [-0.4, -0.2) is 36.4 Å². The Kier molecular flexibility index (Phi) is 8.09. The number of rotatable bonds is 7. The molecule has 7 nitrogen and oxygen atoms in total. The number of benzene rings is 2. The third kappa shape index (κ3) is 7.34. The third-order valence-corrected chi connectivity index (χ3v) is 5.22. The number of anilines is 1. The topological polar surface area (TPSA) is 85.8 Å². The lowest BCUT2D eigenvalue weighted by Gasteiger charge is -2.20. The van der Waals surface area contributed by atoms with Gasteiger partial charge >= 0.3 is 0 Å². The van der Waals surface area contributed by atoms with Gasteiger partial charge in [0.2, 0.25) is 5.91 Å². The van der Waals surface area contributed by atoms with Crippen LogP contribution in [0.25, 0.3) is 0 Å². The molecule has 0 atom stereocenters. The molecule has 1 aliphatic rings. The fraction of sp³-hybridized carbons (Fsp3) is 0.423. The van der Waals surface area contributed by atoms with Crippen LogP contribution in [0, 0.1) is 0 Å². The second kappa shape index (κ2) is 11.0. The Morgan fingerprint density at radius 3 is 2.45 bits per heavy atom. The van der Waals surface area contributed by atoms with Crippen molar-refractivity contribution < 1.29 is 9.59 Å². The molecular formula is C26H35N5O2. The van der Waals surface area contributed by atoms with Gasteiger partial charge in [-0.25, -0.2) is 4.99 Å². The molecule has 33 heavy (non-hydrogen) atoms. The van der Waals surface area contributed by atoms with E-state index in [0.29, 0.717) is 31.0 Å². The molecule has 2 aromatic carbocycles. The molecule has 2 amide bonds. The zero-order valence-corrected chi connectivity index (χ0v) is 20.1. The van der Waals surface area contributed by atoms with E-state index in [1.807, 2.05) is 81.1 Å². The van der Waals surface area contributed by atoms with E-state index in [4.69, 9.17) is 0 Å². The van der Waals surface area contributed by atoms with Gasteiger partial charge in [-0.2, -0.15) is 0 Å². The number of nitrogens with zero attached hydrogens (tertiary/aromatic N) is 2. The molecule has 176 valence electrons. The lowest BCUT2D eigenvalue weighted by Crippen LogP contribution is -2.40. The predicted molar refractivity (Wildman–Crippen MR) is 133 cm³/mol. The first-order valence-electron chi connectivity index (χ1n) is 11.6. The Balaban J connectivity index is 1.60. The second-order valence-electron chi connectivity index (χ2n) is 9.27. The van der Waals surface area contributed by atoms with E-state index in [1.54, 1.807) is 0 Å². The van der Waals surface area contributed by atoms with Crippen molar-refractivity contribution >= 4 is 23.5 Å². The van der Waals surface area contributed by atoms with Gasteiger partial charge in [0, 0.05) is 42.8 Å². The molecule has 2 aromatic rings. The molecule has 1 heterocycles. The molecular weight excluding hydrogens is 414 g/mol. The van der Waals surface area contributed by atoms with E-state index in [-0.39, 0.29) is 17.4 Å². The van der Waals surface area contributed by atoms with Crippen LogP contribution < -0.4 is 20.9 Å². The Labute approximate surface area is 196 Å². The summed E-state index contributed by atoms with van der Waals surface area (Å²) in [7, 11) is 0. The molecule has 7 heteroatoms. The van der Waals surface area contributed by atoms with Crippen LogP contribution in [0.1, 0.15) is 62.0 Å². The first-order valence-corrected chi connectivity index (χ1v) is 11.6. The van der Waals surface area contributed by atoms with Gasteiger partial charge in [0.1, 0.15) is 0 Å². The fourth-order valence-electron chi connectivity index (χ4n) is 3.64. The minimum atomic E-state index is -0.282. The molecule has 1 fully saturated rings. The summed E-state index contributed by atoms with van der Waals surface area (Å²) in [5, 5.41) is 9.60. The van der Waals surface area contributed by atoms with Crippen molar-refractivity contribution in [2.24, 2.45) is 4.99 Å². The van der Waals surface area contributed by atoms with E-state index in [1.165, 1.54) is 0 Å². The second-order valence-corrected chi connectivity index (χ2v) is 9.27. The van der Waals surface area contributed by atoms with Crippen molar-refractivity contribution in [2.75, 3.05) is 18.0 Å². The molecule has 1 saturated heterocycles. The summed E-state index contributed by atoms with van der Waals surface area (Å²) >= 11 is 0. The Hall–Kier alpha value is -3.35. The van der Waals surface area contributed by atoms with Gasteiger partial charge in [0.15, 0.2) is 5.96 Å². The third-order valence-electron chi connectivity index (χ3n) is 5.22. The summed E-state index contributed by atoms with van der Waals surface area (Å²) < 4.78 is 0. The molecule has 0 aliphatic carbocycles. The Morgan fingerprint density at radius 1 is 1.06 bits per heavy atom. The summed E-state index contributed by atoms with van der Waals surface area (Å²) in [6, 6.07) is 15.6. The van der Waals surface area contributed by atoms with Crippen LogP contribution >= 0.6 is 0 Å². The Morgan fingerprint density at radius 2 is 1.82 bits per heavy atom. The van der Waals surface area contributed by atoms with Crippen LogP contribution in [0.15, 0.2) is 53.5 Å². The van der Waals surface area contributed by atoms with Crippen molar-refractivity contribution in [3.8, 4) is 0 Å². The molecule has 0 saturated carbocycles. The average molecular weight is 450 g/mol. The van der Waals surface area contributed by atoms with Gasteiger partial charge in [0.25, 0.3) is 5.91 Å². The van der Waals surface area contributed by atoms with Crippen molar-refractivity contribution in [1.29, 1.82) is 0 Å². The van der Waals surface area contributed by atoms with Gasteiger partial charge in [-0.05, 0) is 69.5 Å². The number of nitrogens with one attached hydrogen (secondary N) is 3.